The van der Waals surface area contributed by atoms with Crippen molar-refractivity contribution in [2.24, 2.45) is 5.84 Å². The zero-order chi connectivity index (χ0) is 8.78. The normalized spacial score (nSPS) is 9.60. The maximum atomic E-state index is 9.13. The van der Waals surface area contributed by atoms with Crippen LogP contribution in [-0.2, 0) is 0 Å². The lowest BCUT2D eigenvalue weighted by molar-refractivity contribution is 0.194. The average Bonchev–Trinajstić information content (AvgIpc) is 1.61. The first-order valence-electron chi connectivity index (χ1n) is 2.97. The summed E-state index contributed by atoms with van der Waals surface area (Å²) in [6, 6.07) is 0. The van der Waals surface area contributed by atoms with Gasteiger partial charge in [-0.1, -0.05) is 25.8 Å². The van der Waals surface area contributed by atoms with Crippen molar-refractivity contribution in [2.75, 3.05) is 0 Å². The van der Waals surface area contributed by atoms with Crippen molar-refractivity contribution >= 4 is 16.3 Å². The number of hydrogen-bond donors (Lipinski definition) is 3. The van der Waals surface area contributed by atoms with E-state index in [1.54, 1.807) is 0 Å². The third-order valence-electron chi connectivity index (χ3n) is 0.123. The molecule has 0 saturated heterocycles. The quantitative estimate of drug-likeness (QED) is 0.199. The molecular weight excluding hydrogens is 148 g/mol. The number of carboxylic acid groups (broad SMARTS) is 1. The molecule has 0 aromatic rings. The van der Waals surface area contributed by atoms with Crippen LogP contribution in [0.1, 0.15) is 20.8 Å². The van der Waals surface area contributed by atoms with E-state index in [9.17, 15) is 0 Å². The first-order chi connectivity index (χ1) is 4.27. The first kappa shape index (κ1) is 12.2. The summed E-state index contributed by atoms with van der Waals surface area (Å²) in [7, 11) is 1.31. The zero-order valence-electron chi connectivity index (χ0n) is 6.93. The molecule has 0 rings (SSSR count). The fourth-order valence-corrected chi connectivity index (χ4v) is 0. The molecule has 0 heterocycles. The molecule has 0 fully saturated rings. The summed E-state index contributed by atoms with van der Waals surface area (Å²) in [5.41, 5.74) is 1.44. The second kappa shape index (κ2) is 5.25. The largest absolute Gasteiger partial charge is 0.464 e. The van der Waals surface area contributed by atoms with E-state index in [4.69, 9.17) is 9.90 Å². The van der Waals surface area contributed by atoms with Crippen molar-refractivity contribution in [3.05, 3.63) is 0 Å². The minimum absolute atomic E-state index is 0.639. The van der Waals surface area contributed by atoms with Crippen LogP contribution in [0.15, 0.2) is 0 Å². The van der Waals surface area contributed by atoms with Crippen LogP contribution in [0.25, 0.3) is 0 Å². The van der Waals surface area contributed by atoms with E-state index in [1.807, 2.05) is 0 Å². The van der Waals surface area contributed by atoms with E-state index in [-0.39, 0.29) is 0 Å². The Morgan fingerprint density at radius 1 is 1.60 bits per heavy atom. The van der Waals surface area contributed by atoms with Gasteiger partial charge in [0, 0.05) is 10.2 Å². The number of nitrogens with one attached hydrogen (secondary N) is 1. The maximum Gasteiger partial charge on any atom is 0.418 e. The van der Waals surface area contributed by atoms with E-state index in [0.29, 0.717) is 5.04 Å². The Morgan fingerprint density at radius 2 is 1.70 bits per heavy atom. The minimum Gasteiger partial charge on any atom is -0.464 e. The molecular formula is C5H16N2O2Si. The monoisotopic (exact) mass is 164 g/mol. The topological polar surface area (TPSA) is 75.3 Å². The maximum absolute atomic E-state index is 9.13. The summed E-state index contributed by atoms with van der Waals surface area (Å²) >= 11 is 0. The second-order valence-corrected chi connectivity index (χ2v) is 6.45. The molecule has 0 aliphatic heterocycles. The number of rotatable bonds is 0. The highest BCUT2D eigenvalue weighted by molar-refractivity contribution is 6.14. The number of hydrazine groups is 1. The van der Waals surface area contributed by atoms with Gasteiger partial charge in [-0.15, -0.1) is 0 Å². The summed E-state index contributed by atoms with van der Waals surface area (Å²) in [6.45, 7) is 6.75. The Morgan fingerprint density at radius 3 is 1.70 bits per heavy atom. The van der Waals surface area contributed by atoms with Crippen molar-refractivity contribution in [1.29, 1.82) is 0 Å². The van der Waals surface area contributed by atoms with Crippen LogP contribution in [0.4, 0.5) is 4.79 Å². The van der Waals surface area contributed by atoms with E-state index >= 15 is 0 Å². The predicted octanol–water partition coefficient (Wildman–Crippen LogP) is -0.302. The molecule has 0 aliphatic carbocycles. The lowest BCUT2D eigenvalue weighted by Gasteiger charge is -2.05. The molecule has 0 aromatic carbocycles. The van der Waals surface area contributed by atoms with Gasteiger partial charge >= 0.3 is 6.09 Å². The number of nitrogens with two attached hydrogens (primary N) is 1. The van der Waals surface area contributed by atoms with Crippen molar-refractivity contribution in [1.82, 2.24) is 5.43 Å². The van der Waals surface area contributed by atoms with E-state index in [0.717, 1.165) is 0 Å². The van der Waals surface area contributed by atoms with Crippen LogP contribution in [-0.4, -0.2) is 21.4 Å². The lowest BCUT2D eigenvalue weighted by Crippen LogP contribution is -2.27. The Bertz CT molecular complexity index is 94.3. The Balaban J connectivity index is 0. The Kier molecular flexibility index (Phi) is 6.38. The third-order valence-corrected chi connectivity index (χ3v) is 0.123. The van der Waals surface area contributed by atoms with Crippen LogP contribution in [0.5, 0.6) is 0 Å². The van der Waals surface area contributed by atoms with Crippen molar-refractivity contribution < 1.29 is 9.90 Å². The molecule has 10 heavy (non-hydrogen) atoms. The summed E-state index contributed by atoms with van der Waals surface area (Å²) in [5.74, 6) is 4.32. The fraction of sp³-hybridized carbons (Fsp3) is 0.800. The van der Waals surface area contributed by atoms with E-state index < -0.39 is 6.09 Å². The highest BCUT2D eigenvalue weighted by Gasteiger charge is 1.95. The van der Waals surface area contributed by atoms with Gasteiger partial charge in [0.15, 0.2) is 0 Å². The van der Waals surface area contributed by atoms with Crippen molar-refractivity contribution in [3.8, 4) is 0 Å². The molecule has 0 radical (unpaired) electrons. The van der Waals surface area contributed by atoms with Crippen LogP contribution >= 0.6 is 0 Å². The number of hydrogen-bond acceptors (Lipinski definition) is 2. The second-order valence-electron chi connectivity index (χ2n) is 3.45. The van der Waals surface area contributed by atoms with Gasteiger partial charge in [-0.3, -0.25) is 5.43 Å². The van der Waals surface area contributed by atoms with Gasteiger partial charge in [0.05, 0.1) is 0 Å². The van der Waals surface area contributed by atoms with Gasteiger partial charge in [-0.2, -0.15) is 0 Å². The number of amides is 1. The molecule has 0 aliphatic rings. The minimum atomic E-state index is -1.22. The lowest BCUT2D eigenvalue weighted by atomic mass is 10.3. The van der Waals surface area contributed by atoms with Crippen molar-refractivity contribution in [3.63, 3.8) is 0 Å². The van der Waals surface area contributed by atoms with Crippen LogP contribution in [0.3, 0.4) is 0 Å². The van der Waals surface area contributed by atoms with Crippen LogP contribution in [0, 0.1) is 0 Å². The summed E-state index contributed by atoms with van der Waals surface area (Å²) in [5, 5.41) is 8.12. The van der Waals surface area contributed by atoms with Gasteiger partial charge < -0.3 is 5.11 Å². The Hall–Kier alpha value is -0.553. The molecule has 5 heteroatoms. The average molecular weight is 164 g/mol. The fourth-order valence-electron chi connectivity index (χ4n) is 0. The standard InChI is InChI=1S/C4H12Si.CH4N2O2/c1-4(2,3)5;2-3-1(4)5/h1-3,5H3;3H,2H2,(H,4,5). The SMILES string of the molecule is CC(C)(C)[SiH3].NNC(=O)O. The molecule has 0 bridgehead atoms. The highest BCUT2D eigenvalue weighted by Crippen LogP contribution is 2.13. The molecule has 0 unspecified atom stereocenters. The molecule has 62 valence electrons. The van der Waals surface area contributed by atoms with Gasteiger partial charge in [0.25, 0.3) is 0 Å². The Labute approximate surface area is 64.2 Å². The van der Waals surface area contributed by atoms with Crippen LogP contribution < -0.4 is 11.3 Å². The van der Waals surface area contributed by atoms with Gasteiger partial charge in [-0.25, -0.2) is 10.6 Å². The van der Waals surface area contributed by atoms with Gasteiger partial charge in [0.2, 0.25) is 0 Å². The molecule has 4 N–H and O–H groups in total. The third kappa shape index (κ3) is 148. The summed E-state index contributed by atoms with van der Waals surface area (Å²) in [6.07, 6.45) is -1.22. The molecule has 0 atom stereocenters. The molecule has 1 amide bonds. The summed E-state index contributed by atoms with van der Waals surface area (Å²) < 4.78 is 0. The summed E-state index contributed by atoms with van der Waals surface area (Å²) in [4.78, 5) is 9.13. The van der Waals surface area contributed by atoms with E-state index in [1.165, 1.54) is 15.7 Å². The first-order valence-corrected chi connectivity index (χ1v) is 3.97. The predicted molar refractivity (Wildman–Crippen MR) is 45.0 cm³/mol. The van der Waals surface area contributed by atoms with Crippen LogP contribution in [0.2, 0.25) is 5.04 Å². The van der Waals surface area contributed by atoms with Gasteiger partial charge in [-0.05, 0) is 0 Å². The molecule has 0 spiro atoms. The van der Waals surface area contributed by atoms with Crippen molar-refractivity contribution in [2.45, 2.75) is 25.8 Å². The zero-order valence-corrected chi connectivity index (χ0v) is 8.93. The number of carbonyl (C=O) groups is 1. The van der Waals surface area contributed by atoms with Gasteiger partial charge in [0.1, 0.15) is 0 Å². The molecule has 0 saturated carbocycles. The molecule has 4 nitrogen and oxygen atoms in total. The van der Waals surface area contributed by atoms with E-state index in [2.05, 4.69) is 26.6 Å². The highest BCUT2D eigenvalue weighted by atomic mass is 28.1. The smallest absolute Gasteiger partial charge is 0.418 e. The molecule has 0 aromatic heterocycles.